The molecule has 2 aromatic heterocycles. The monoisotopic (exact) mass is 587 g/mol. The molecule has 214 valence electrons. The van der Waals surface area contributed by atoms with Crippen molar-refractivity contribution >= 4 is 15.8 Å². The van der Waals surface area contributed by atoms with Gasteiger partial charge in [0.15, 0.2) is 6.10 Å². The van der Waals surface area contributed by atoms with E-state index in [-0.39, 0.29) is 35.6 Å². The molecule has 1 fully saturated rings. The van der Waals surface area contributed by atoms with Gasteiger partial charge in [-0.1, -0.05) is 0 Å². The highest BCUT2D eigenvalue weighted by molar-refractivity contribution is 7.87. The lowest BCUT2D eigenvalue weighted by Gasteiger charge is -2.30. The number of alkyl halides is 6. The number of benzene rings is 1. The summed E-state index contributed by atoms with van der Waals surface area (Å²) < 4.78 is 142. The number of likely N-dealkylation sites (N-methyl/N-ethyl adjacent to an activating group) is 1. The van der Waals surface area contributed by atoms with Crippen LogP contribution in [-0.4, -0.2) is 67.2 Å². The maximum absolute atomic E-state index is 15.3. The van der Waals surface area contributed by atoms with Crippen LogP contribution in [0.4, 0.5) is 35.1 Å². The van der Waals surface area contributed by atoms with Crippen molar-refractivity contribution in [3.05, 3.63) is 58.9 Å². The van der Waals surface area contributed by atoms with Crippen LogP contribution in [0, 0.1) is 18.6 Å². The van der Waals surface area contributed by atoms with Gasteiger partial charge in [0.1, 0.15) is 17.3 Å². The molecular formula is C23H21F8N3O4S. The summed E-state index contributed by atoms with van der Waals surface area (Å²) in [4.78, 5) is 6.26. The van der Waals surface area contributed by atoms with E-state index in [1.165, 1.54) is 0 Å². The summed E-state index contributed by atoms with van der Waals surface area (Å²) in [5.41, 5.74) is -7.52. The number of aromatic nitrogens is 2. The quantitative estimate of drug-likeness (QED) is 0.232. The second kappa shape index (κ2) is 10.3. The zero-order valence-electron chi connectivity index (χ0n) is 20.3. The number of hydrogen-bond acceptors (Lipinski definition) is 6. The molecule has 0 bridgehead atoms. The lowest BCUT2D eigenvalue weighted by atomic mass is 10.0. The molecule has 3 aromatic rings. The van der Waals surface area contributed by atoms with Gasteiger partial charge in [0.25, 0.3) is 0 Å². The Kier molecular flexibility index (Phi) is 7.70. The third-order valence-corrected chi connectivity index (χ3v) is 7.06. The Morgan fingerprint density at radius 2 is 1.77 bits per heavy atom. The van der Waals surface area contributed by atoms with Crippen molar-refractivity contribution in [1.82, 2.24) is 14.3 Å². The highest BCUT2D eigenvalue weighted by atomic mass is 32.2. The summed E-state index contributed by atoms with van der Waals surface area (Å²) >= 11 is 0. The van der Waals surface area contributed by atoms with E-state index in [2.05, 4.69) is 9.17 Å². The second-order valence-electron chi connectivity index (χ2n) is 9.08. The first-order chi connectivity index (χ1) is 18.0. The smallest absolute Gasteiger partial charge is 0.375 e. The number of imidazole rings is 1. The molecule has 3 heterocycles. The normalized spacial score (nSPS) is 18.6. The average molecular weight is 587 g/mol. The van der Waals surface area contributed by atoms with Crippen LogP contribution in [0.15, 0.2) is 30.5 Å². The molecule has 0 aliphatic carbocycles. The molecule has 1 aliphatic rings. The fourth-order valence-corrected chi connectivity index (χ4v) is 4.83. The van der Waals surface area contributed by atoms with Gasteiger partial charge < -0.3 is 14.0 Å². The van der Waals surface area contributed by atoms with Crippen LogP contribution >= 0.6 is 0 Å². The number of aryl methyl sites for hydroxylation is 1. The summed E-state index contributed by atoms with van der Waals surface area (Å²) in [6.45, 7) is 3.27. The molecule has 7 nitrogen and oxygen atoms in total. The summed E-state index contributed by atoms with van der Waals surface area (Å²) in [5.74, 6) is -3.23. The number of rotatable bonds is 6. The van der Waals surface area contributed by atoms with Crippen molar-refractivity contribution in [2.24, 2.45) is 0 Å². The Bertz CT molecular complexity index is 1460. The van der Waals surface area contributed by atoms with Gasteiger partial charge in [-0.2, -0.15) is 34.8 Å². The Balaban J connectivity index is 1.83. The molecule has 39 heavy (non-hydrogen) atoms. The van der Waals surface area contributed by atoms with Crippen molar-refractivity contribution in [2.45, 2.75) is 37.2 Å². The predicted octanol–water partition coefficient (Wildman–Crippen LogP) is 4.93. The Labute approximate surface area is 217 Å². The van der Waals surface area contributed by atoms with E-state index in [1.54, 1.807) is 29.7 Å². The van der Waals surface area contributed by atoms with Gasteiger partial charge in [0.05, 0.1) is 29.7 Å². The number of nitrogens with zero attached hydrogens (tertiary/aromatic N) is 3. The second-order valence-corrected chi connectivity index (χ2v) is 10.6. The first-order valence-electron chi connectivity index (χ1n) is 11.3. The molecule has 4 rings (SSSR count). The molecule has 0 N–H and O–H groups in total. The van der Waals surface area contributed by atoms with Crippen LogP contribution < -0.4 is 0 Å². The van der Waals surface area contributed by atoms with Gasteiger partial charge in [-0.15, -0.1) is 0 Å². The number of hydrogen-bond donors (Lipinski definition) is 0. The maximum atomic E-state index is 15.3. The van der Waals surface area contributed by atoms with Crippen molar-refractivity contribution < 1.29 is 52.5 Å². The Morgan fingerprint density at radius 1 is 1.13 bits per heavy atom. The predicted molar refractivity (Wildman–Crippen MR) is 121 cm³/mol. The average Bonchev–Trinajstić information content (AvgIpc) is 3.12. The Hall–Kier alpha value is -2.82. The number of ether oxygens (including phenoxy) is 1. The molecule has 0 saturated carbocycles. The number of fused-ring (bicyclic) bond motifs is 1. The van der Waals surface area contributed by atoms with Gasteiger partial charge in [-0.05, 0) is 49.4 Å². The van der Waals surface area contributed by atoms with Gasteiger partial charge in [0.2, 0.25) is 0 Å². The molecule has 2 unspecified atom stereocenters. The standard InChI is InChI=1S/C23H21F8N3O4S/c1-12-3-4-34-17(10-14-11-33(2)5-6-37-14)20(32-18(34)7-12)19-15(24)8-13(9-16(19)25)21(22(26,27)28)38-39(35,36)23(29,30)31/h3-4,7-9,14,21H,5-6,10-11H2,1-2H3. The summed E-state index contributed by atoms with van der Waals surface area (Å²) in [6.07, 6.45) is -8.29. The fraction of sp³-hybridized carbons (Fsp3) is 0.435. The van der Waals surface area contributed by atoms with Gasteiger partial charge in [-0.3, -0.25) is 0 Å². The molecular weight excluding hydrogens is 566 g/mol. The van der Waals surface area contributed by atoms with Crippen LogP contribution in [0.2, 0.25) is 0 Å². The maximum Gasteiger partial charge on any atom is 0.523 e. The third-order valence-electron chi connectivity index (χ3n) is 6.05. The minimum Gasteiger partial charge on any atom is -0.375 e. The molecule has 0 spiro atoms. The number of morpholine rings is 1. The molecule has 16 heteroatoms. The van der Waals surface area contributed by atoms with Crippen LogP contribution in [-0.2, 0) is 25.5 Å². The summed E-state index contributed by atoms with van der Waals surface area (Å²) in [6, 6.07) is 3.47. The van der Waals surface area contributed by atoms with E-state index < -0.39 is 56.8 Å². The highest BCUT2D eigenvalue weighted by Crippen LogP contribution is 2.42. The zero-order chi connectivity index (χ0) is 28.9. The van der Waals surface area contributed by atoms with E-state index in [9.17, 15) is 34.8 Å². The van der Waals surface area contributed by atoms with E-state index in [0.717, 1.165) is 5.56 Å². The van der Waals surface area contributed by atoms with E-state index in [4.69, 9.17) is 4.74 Å². The van der Waals surface area contributed by atoms with Crippen molar-refractivity contribution in [3.63, 3.8) is 0 Å². The van der Waals surface area contributed by atoms with Gasteiger partial charge in [0, 0.05) is 25.7 Å². The molecule has 0 radical (unpaired) electrons. The highest BCUT2D eigenvalue weighted by Gasteiger charge is 2.54. The van der Waals surface area contributed by atoms with Crippen LogP contribution in [0.1, 0.15) is 22.9 Å². The van der Waals surface area contributed by atoms with Crippen LogP contribution in [0.25, 0.3) is 16.9 Å². The van der Waals surface area contributed by atoms with Crippen molar-refractivity contribution in [1.29, 1.82) is 0 Å². The van der Waals surface area contributed by atoms with E-state index in [1.807, 2.05) is 11.9 Å². The molecule has 1 aromatic carbocycles. The van der Waals surface area contributed by atoms with E-state index in [0.29, 0.717) is 19.7 Å². The van der Waals surface area contributed by atoms with Crippen LogP contribution in [0.3, 0.4) is 0 Å². The minimum absolute atomic E-state index is 0.0758. The first-order valence-corrected chi connectivity index (χ1v) is 12.7. The van der Waals surface area contributed by atoms with Gasteiger partial charge in [-0.25, -0.2) is 17.9 Å². The van der Waals surface area contributed by atoms with Crippen LogP contribution in [0.5, 0.6) is 0 Å². The third kappa shape index (κ3) is 6.02. The largest absolute Gasteiger partial charge is 0.523 e. The molecule has 0 amide bonds. The minimum atomic E-state index is -6.76. The zero-order valence-corrected chi connectivity index (χ0v) is 21.1. The SMILES string of the molecule is Cc1ccn2c(CC3CN(C)CCO3)c(-c3c(F)cc(C(OS(=O)(=O)C(F)(F)F)C(F)(F)F)cc3F)nc2c1. The first kappa shape index (κ1) is 29.2. The van der Waals surface area contributed by atoms with E-state index >= 15 is 8.78 Å². The molecule has 1 saturated heterocycles. The fourth-order valence-electron chi connectivity index (χ4n) is 4.25. The number of pyridine rings is 1. The summed E-state index contributed by atoms with van der Waals surface area (Å²) in [5, 5.41) is 0. The number of halogens is 8. The topological polar surface area (TPSA) is 73.1 Å². The molecule has 1 aliphatic heterocycles. The van der Waals surface area contributed by atoms with Crippen molar-refractivity contribution in [2.75, 3.05) is 26.7 Å². The summed E-state index contributed by atoms with van der Waals surface area (Å²) in [7, 11) is -4.91. The lowest BCUT2D eigenvalue weighted by molar-refractivity contribution is -0.200. The Morgan fingerprint density at radius 3 is 2.33 bits per heavy atom. The van der Waals surface area contributed by atoms with Crippen molar-refractivity contribution in [3.8, 4) is 11.3 Å². The lowest BCUT2D eigenvalue weighted by Crippen LogP contribution is -2.41. The van der Waals surface area contributed by atoms with Gasteiger partial charge >= 0.3 is 21.8 Å². The molecule has 2 atom stereocenters.